The highest BCUT2D eigenvalue weighted by Gasteiger charge is 2.31. The van der Waals surface area contributed by atoms with Crippen molar-refractivity contribution in [1.82, 2.24) is 0 Å². The molecule has 0 rings (SSSR count). The van der Waals surface area contributed by atoms with E-state index in [0.717, 1.165) is 0 Å². The minimum absolute atomic E-state index is 0.108. The fourth-order valence-electron chi connectivity index (χ4n) is 0.598. The van der Waals surface area contributed by atoms with Crippen LogP contribution in [0.5, 0.6) is 0 Å². The minimum Gasteiger partial charge on any atom is -0.281 e. The van der Waals surface area contributed by atoms with E-state index in [2.05, 4.69) is 0 Å². The Morgan fingerprint density at radius 2 is 1.64 bits per heavy atom. The number of hydrogen-bond acceptors (Lipinski definition) is 3. The highest BCUT2D eigenvalue weighted by Crippen LogP contribution is 2.18. The number of carbonyl (C=O) groups excluding carboxylic acids is 1. The number of carbonyl (C=O) groups is 1. The average molecular weight is 178 g/mol. The molecular weight excluding hydrogens is 164 g/mol. The van der Waals surface area contributed by atoms with Crippen LogP contribution in [0.3, 0.4) is 0 Å². The maximum Gasteiger partial charge on any atom is 0.251 e. The third kappa shape index (κ3) is 2.61. The maximum atomic E-state index is 11.1. The van der Waals surface area contributed by atoms with E-state index in [0.29, 0.717) is 0 Å². The first-order valence-corrected chi connectivity index (χ1v) is 5.14. The van der Waals surface area contributed by atoms with Crippen molar-refractivity contribution >= 4 is 15.0 Å². The first kappa shape index (κ1) is 10.6. The summed E-state index contributed by atoms with van der Waals surface area (Å²) in [6.07, 6.45) is 0. The Hall–Kier alpha value is -0.380. The van der Waals surface area contributed by atoms with Crippen molar-refractivity contribution in [2.75, 3.05) is 5.75 Å². The van der Waals surface area contributed by atoms with Crippen LogP contribution in [0.4, 0.5) is 0 Å². The summed E-state index contributed by atoms with van der Waals surface area (Å²) in [5.74, 6) is -0.108. The maximum absolute atomic E-state index is 11.1. The highest BCUT2D eigenvalue weighted by molar-refractivity contribution is 8.06. The van der Waals surface area contributed by atoms with Gasteiger partial charge in [-0.15, -0.1) is 0 Å². The molecule has 0 aromatic heterocycles. The summed E-state index contributed by atoms with van der Waals surface area (Å²) < 4.78 is 22.0. The van der Waals surface area contributed by atoms with Crippen molar-refractivity contribution in [3.63, 3.8) is 0 Å². The molecule has 0 amide bonds. The lowest BCUT2D eigenvalue weighted by atomic mass is 10.00. The molecule has 0 saturated heterocycles. The summed E-state index contributed by atoms with van der Waals surface area (Å²) in [6, 6.07) is 0. The summed E-state index contributed by atoms with van der Waals surface area (Å²) >= 11 is 0. The van der Waals surface area contributed by atoms with Gasteiger partial charge in [-0.25, -0.2) is 8.42 Å². The van der Waals surface area contributed by atoms with Gasteiger partial charge in [0.1, 0.15) is 0 Å². The molecule has 0 fully saturated rings. The molecule has 3 nitrogen and oxygen atoms in total. The Morgan fingerprint density at radius 3 is 1.73 bits per heavy atom. The van der Waals surface area contributed by atoms with Gasteiger partial charge in [0.05, 0.1) is 5.75 Å². The SMILES string of the molecule is CCS(=O)(=O)C(=O)C(C)(C)C. The molecular formula is C7H14O3S. The van der Waals surface area contributed by atoms with Gasteiger partial charge in [-0.3, -0.25) is 4.79 Å². The molecule has 0 unspecified atom stereocenters. The van der Waals surface area contributed by atoms with Crippen molar-refractivity contribution in [2.45, 2.75) is 27.7 Å². The van der Waals surface area contributed by atoms with Crippen LogP contribution in [0.25, 0.3) is 0 Å². The summed E-state index contributed by atoms with van der Waals surface area (Å²) in [5, 5.41) is -0.674. The molecule has 4 heteroatoms. The monoisotopic (exact) mass is 178 g/mol. The van der Waals surface area contributed by atoms with Gasteiger partial charge >= 0.3 is 0 Å². The Bertz CT molecular complexity index is 243. The number of sulfone groups is 1. The predicted octanol–water partition coefficient (Wildman–Crippen LogP) is 0.994. The van der Waals surface area contributed by atoms with Crippen molar-refractivity contribution < 1.29 is 13.2 Å². The summed E-state index contributed by atoms with van der Waals surface area (Å²) in [5.41, 5.74) is -0.783. The standard InChI is InChI=1S/C7H14O3S/c1-5-11(9,10)6(8)7(2,3)4/h5H2,1-4H3. The van der Waals surface area contributed by atoms with Gasteiger partial charge in [0.15, 0.2) is 0 Å². The Balaban J connectivity index is 4.81. The summed E-state index contributed by atoms with van der Waals surface area (Å²) in [4.78, 5) is 11.1. The molecule has 66 valence electrons. The molecule has 0 N–H and O–H groups in total. The third-order valence-corrected chi connectivity index (χ3v) is 3.21. The second-order valence-corrected chi connectivity index (χ2v) is 5.62. The van der Waals surface area contributed by atoms with Crippen LogP contribution in [-0.4, -0.2) is 19.3 Å². The lowest BCUT2D eigenvalue weighted by Crippen LogP contribution is -2.29. The van der Waals surface area contributed by atoms with Crippen molar-refractivity contribution in [2.24, 2.45) is 5.41 Å². The summed E-state index contributed by atoms with van der Waals surface area (Å²) in [6.45, 7) is 6.27. The number of hydrogen-bond donors (Lipinski definition) is 0. The molecule has 0 bridgehead atoms. The van der Waals surface area contributed by atoms with Crippen molar-refractivity contribution in [3.8, 4) is 0 Å². The predicted molar refractivity (Wildman–Crippen MR) is 43.9 cm³/mol. The van der Waals surface area contributed by atoms with Crippen LogP contribution in [0.2, 0.25) is 0 Å². The normalized spacial score (nSPS) is 13.1. The zero-order chi connectivity index (χ0) is 9.28. The van der Waals surface area contributed by atoms with Gasteiger partial charge in [-0.2, -0.15) is 0 Å². The van der Waals surface area contributed by atoms with Gasteiger partial charge in [-0.1, -0.05) is 27.7 Å². The zero-order valence-electron chi connectivity index (χ0n) is 7.34. The topological polar surface area (TPSA) is 51.2 Å². The second kappa shape index (κ2) is 2.93. The number of rotatable bonds is 1. The van der Waals surface area contributed by atoms with E-state index in [1.165, 1.54) is 6.92 Å². The second-order valence-electron chi connectivity index (χ2n) is 3.44. The third-order valence-electron chi connectivity index (χ3n) is 1.27. The van der Waals surface area contributed by atoms with E-state index >= 15 is 0 Å². The first-order valence-electron chi connectivity index (χ1n) is 3.49. The van der Waals surface area contributed by atoms with Gasteiger partial charge in [0, 0.05) is 5.41 Å². The first-order chi connectivity index (χ1) is 4.72. The van der Waals surface area contributed by atoms with Gasteiger partial charge in [0.25, 0.3) is 5.12 Å². The van der Waals surface area contributed by atoms with Gasteiger partial charge in [0.2, 0.25) is 9.84 Å². The van der Waals surface area contributed by atoms with Crippen LogP contribution >= 0.6 is 0 Å². The van der Waals surface area contributed by atoms with Crippen LogP contribution in [-0.2, 0) is 14.6 Å². The fourth-order valence-corrected chi connectivity index (χ4v) is 1.79. The molecule has 0 aromatic rings. The Morgan fingerprint density at radius 1 is 1.27 bits per heavy atom. The van der Waals surface area contributed by atoms with E-state index in [1.807, 2.05) is 0 Å². The fraction of sp³-hybridized carbons (Fsp3) is 0.857. The molecule has 0 aromatic carbocycles. The van der Waals surface area contributed by atoms with E-state index < -0.39 is 20.4 Å². The largest absolute Gasteiger partial charge is 0.281 e. The average Bonchev–Trinajstić information content (AvgIpc) is 1.84. The lowest BCUT2D eigenvalue weighted by Gasteiger charge is -2.14. The van der Waals surface area contributed by atoms with Gasteiger partial charge < -0.3 is 0 Å². The molecule has 0 heterocycles. The molecule has 0 saturated carbocycles. The highest BCUT2D eigenvalue weighted by atomic mass is 32.2. The van der Waals surface area contributed by atoms with E-state index in [4.69, 9.17) is 0 Å². The van der Waals surface area contributed by atoms with Crippen LogP contribution in [0, 0.1) is 5.41 Å². The lowest BCUT2D eigenvalue weighted by molar-refractivity contribution is -0.118. The molecule has 0 aliphatic rings. The molecule has 0 aliphatic carbocycles. The summed E-state index contributed by atoms with van der Waals surface area (Å²) in [7, 11) is -3.49. The molecule has 0 atom stereocenters. The van der Waals surface area contributed by atoms with E-state index in [-0.39, 0.29) is 5.75 Å². The zero-order valence-corrected chi connectivity index (χ0v) is 8.16. The van der Waals surface area contributed by atoms with Crippen LogP contribution in [0.1, 0.15) is 27.7 Å². The Kier molecular flexibility index (Phi) is 2.83. The molecule has 0 radical (unpaired) electrons. The Labute approximate surface area is 67.7 Å². The molecule has 11 heavy (non-hydrogen) atoms. The van der Waals surface area contributed by atoms with Crippen LogP contribution < -0.4 is 0 Å². The smallest absolute Gasteiger partial charge is 0.251 e. The van der Waals surface area contributed by atoms with Gasteiger partial charge in [-0.05, 0) is 0 Å². The quantitative estimate of drug-likeness (QED) is 0.601. The van der Waals surface area contributed by atoms with Crippen LogP contribution in [0.15, 0.2) is 0 Å². The molecule has 0 spiro atoms. The van der Waals surface area contributed by atoms with Crippen molar-refractivity contribution in [3.05, 3.63) is 0 Å². The molecule has 0 aliphatic heterocycles. The minimum atomic E-state index is -3.49. The van der Waals surface area contributed by atoms with E-state index in [9.17, 15) is 13.2 Å². The van der Waals surface area contributed by atoms with E-state index in [1.54, 1.807) is 20.8 Å². The van der Waals surface area contributed by atoms with Crippen molar-refractivity contribution in [1.29, 1.82) is 0 Å².